The highest BCUT2D eigenvalue weighted by molar-refractivity contribution is 5.98. The third-order valence-corrected chi connectivity index (χ3v) is 6.46. The van der Waals surface area contributed by atoms with Crippen molar-refractivity contribution in [1.29, 1.82) is 0 Å². The van der Waals surface area contributed by atoms with Crippen LogP contribution in [0.5, 0.6) is 0 Å². The van der Waals surface area contributed by atoms with Crippen LogP contribution in [0.3, 0.4) is 0 Å². The van der Waals surface area contributed by atoms with Gasteiger partial charge >= 0.3 is 0 Å². The van der Waals surface area contributed by atoms with E-state index in [9.17, 15) is 0 Å². The lowest BCUT2D eigenvalue weighted by Crippen LogP contribution is -2.49. The van der Waals surface area contributed by atoms with E-state index in [0.29, 0.717) is 0 Å². The summed E-state index contributed by atoms with van der Waals surface area (Å²) >= 11 is 0. The normalized spacial score (nSPS) is 24.2. The molecule has 2 saturated carbocycles. The first-order valence-electron chi connectivity index (χ1n) is 8.74. The van der Waals surface area contributed by atoms with Crippen LogP contribution in [0.4, 0.5) is 0 Å². The molecule has 0 spiro atoms. The Hall–Kier alpha value is 0.177. The minimum absolute atomic E-state index is 0.265. The van der Waals surface area contributed by atoms with Gasteiger partial charge in [-0.1, -0.05) is 52.4 Å². The van der Waals surface area contributed by atoms with Crippen molar-refractivity contribution in [2.24, 2.45) is 17.8 Å². The van der Waals surface area contributed by atoms with Crippen LogP contribution >= 0.6 is 0 Å². The fourth-order valence-electron chi connectivity index (χ4n) is 4.90. The summed E-state index contributed by atoms with van der Waals surface area (Å²) in [6, 6.07) is 0. The van der Waals surface area contributed by atoms with Crippen molar-refractivity contribution in [3.05, 3.63) is 0 Å². The monoisotopic (exact) mass is 282 g/mol. The fourth-order valence-corrected chi connectivity index (χ4v) is 5.74. The van der Waals surface area contributed by atoms with Crippen molar-refractivity contribution < 1.29 is 4.43 Å². The molecule has 0 heterocycles. The number of hydrogen-bond acceptors (Lipinski definition) is 1. The molecule has 19 heavy (non-hydrogen) atoms. The third-order valence-electron chi connectivity index (χ3n) is 5.70. The van der Waals surface area contributed by atoms with Gasteiger partial charge in [-0.05, 0) is 49.9 Å². The first-order valence-corrected chi connectivity index (χ1v) is 9.56. The predicted molar refractivity (Wildman–Crippen MR) is 86.4 cm³/mol. The van der Waals surface area contributed by atoms with E-state index in [-0.39, 0.29) is 5.60 Å². The predicted octanol–water partition coefficient (Wildman–Crippen LogP) is 4.23. The molecule has 0 bridgehead atoms. The van der Waals surface area contributed by atoms with Crippen LogP contribution in [-0.4, -0.2) is 16.1 Å². The summed E-state index contributed by atoms with van der Waals surface area (Å²) in [7, 11) is 0.919. The van der Waals surface area contributed by atoms with Crippen LogP contribution in [0.1, 0.15) is 84.5 Å². The highest BCUT2D eigenvalue weighted by Crippen LogP contribution is 2.47. The van der Waals surface area contributed by atoms with Gasteiger partial charge in [-0.3, -0.25) is 0 Å². The summed E-state index contributed by atoms with van der Waals surface area (Å²) in [6.07, 6.45) is 15.8. The first-order chi connectivity index (χ1) is 9.19. The molecule has 0 aliphatic heterocycles. The van der Waals surface area contributed by atoms with Crippen molar-refractivity contribution in [3.8, 4) is 0 Å². The van der Waals surface area contributed by atoms with Gasteiger partial charge in [0.1, 0.15) is 10.5 Å². The van der Waals surface area contributed by atoms with E-state index in [0.717, 1.165) is 28.2 Å². The summed E-state index contributed by atoms with van der Waals surface area (Å²) in [5.74, 6) is 2.51. The van der Waals surface area contributed by atoms with Crippen molar-refractivity contribution in [2.45, 2.75) is 90.1 Å². The molecule has 0 aromatic heterocycles. The standard InChI is InChI=1S/C17H34OSi/c1-14(2)13-17(18-19,15-9-5-3-6-10-15)16-11-7-4-8-12-16/h14-16H,3-13H2,1-2,19H3. The molecule has 2 heteroatoms. The van der Waals surface area contributed by atoms with Crippen molar-refractivity contribution in [1.82, 2.24) is 0 Å². The smallest absolute Gasteiger partial charge is 0.146 e. The van der Waals surface area contributed by atoms with Gasteiger partial charge in [0.05, 0.1) is 5.60 Å². The van der Waals surface area contributed by atoms with Crippen LogP contribution in [-0.2, 0) is 4.43 Å². The quantitative estimate of drug-likeness (QED) is 0.686. The molecule has 0 aromatic carbocycles. The summed E-state index contributed by atoms with van der Waals surface area (Å²) in [5, 5.41) is 0. The van der Waals surface area contributed by atoms with Crippen LogP contribution < -0.4 is 0 Å². The zero-order valence-corrected chi connectivity index (χ0v) is 15.4. The van der Waals surface area contributed by atoms with E-state index in [2.05, 4.69) is 13.8 Å². The third kappa shape index (κ3) is 3.63. The van der Waals surface area contributed by atoms with E-state index >= 15 is 0 Å². The Balaban J connectivity index is 2.17. The van der Waals surface area contributed by atoms with Gasteiger partial charge in [0.15, 0.2) is 0 Å². The largest absolute Gasteiger partial charge is 0.422 e. The van der Waals surface area contributed by atoms with Gasteiger partial charge in [-0.15, -0.1) is 0 Å². The highest BCUT2D eigenvalue weighted by Gasteiger charge is 2.45. The van der Waals surface area contributed by atoms with Gasteiger partial charge in [-0.2, -0.15) is 0 Å². The van der Waals surface area contributed by atoms with E-state index in [1.165, 1.54) is 70.6 Å². The Kier molecular flexibility index (Phi) is 5.95. The lowest BCUT2D eigenvalue weighted by Gasteiger charge is -2.50. The Morgan fingerprint density at radius 3 is 1.63 bits per heavy atom. The molecule has 0 amide bonds. The minimum atomic E-state index is 0.265. The van der Waals surface area contributed by atoms with Gasteiger partial charge in [0.2, 0.25) is 0 Å². The number of hydrogen-bond donors (Lipinski definition) is 0. The Labute approximate surface area is 123 Å². The summed E-state index contributed by atoms with van der Waals surface area (Å²) in [4.78, 5) is 0. The van der Waals surface area contributed by atoms with Gasteiger partial charge in [0, 0.05) is 0 Å². The SMILES string of the molecule is CC(C)CC(O[SiH3])(C1CCCCC1)C1CCCCC1. The molecule has 0 aromatic rings. The Bertz CT molecular complexity index is 234. The van der Waals surface area contributed by atoms with Crippen molar-refractivity contribution >= 4 is 10.5 Å². The zero-order valence-electron chi connectivity index (χ0n) is 13.4. The van der Waals surface area contributed by atoms with E-state index in [1.54, 1.807) is 0 Å². The molecule has 0 saturated heterocycles. The molecule has 2 fully saturated rings. The second kappa shape index (κ2) is 7.26. The lowest BCUT2D eigenvalue weighted by atomic mass is 9.63. The minimum Gasteiger partial charge on any atom is -0.422 e. The molecule has 2 aliphatic carbocycles. The lowest BCUT2D eigenvalue weighted by molar-refractivity contribution is -0.0792. The molecular weight excluding hydrogens is 248 g/mol. The molecule has 1 nitrogen and oxygen atoms in total. The van der Waals surface area contributed by atoms with Crippen LogP contribution in [0.15, 0.2) is 0 Å². The van der Waals surface area contributed by atoms with Crippen molar-refractivity contribution in [3.63, 3.8) is 0 Å². The molecule has 0 unspecified atom stereocenters. The van der Waals surface area contributed by atoms with Crippen LogP contribution in [0.2, 0.25) is 0 Å². The molecule has 2 aliphatic rings. The van der Waals surface area contributed by atoms with E-state index in [1.807, 2.05) is 0 Å². The highest BCUT2D eigenvalue weighted by atomic mass is 28.2. The molecule has 0 atom stereocenters. The summed E-state index contributed by atoms with van der Waals surface area (Å²) in [5.41, 5.74) is 0.265. The molecule has 0 N–H and O–H groups in total. The van der Waals surface area contributed by atoms with Crippen LogP contribution in [0, 0.1) is 17.8 Å². The average molecular weight is 283 g/mol. The maximum atomic E-state index is 6.47. The molecule has 112 valence electrons. The van der Waals surface area contributed by atoms with E-state index in [4.69, 9.17) is 4.43 Å². The first kappa shape index (κ1) is 15.6. The molecule has 2 rings (SSSR count). The van der Waals surface area contributed by atoms with Gasteiger partial charge in [-0.25, -0.2) is 0 Å². The van der Waals surface area contributed by atoms with Crippen LogP contribution in [0.25, 0.3) is 0 Å². The maximum Gasteiger partial charge on any atom is 0.146 e. The second-order valence-corrected chi connectivity index (χ2v) is 7.84. The Morgan fingerprint density at radius 2 is 1.32 bits per heavy atom. The zero-order chi connectivity index (χ0) is 13.7. The Morgan fingerprint density at radius 1 is 0.895 bits per heavy atom. The molecular formula is C17H34OSi. The number of rotatable bonds is 5. The van der Waals surface area contributed by atoms with E-state index < -0.39 is 0 Å². The maximum absolute atomic E-state index is 6.47. The second-order valence-electron chi connectivity index (χ2n) is 7.43. The van der Waals surface area contributed by atoms with Gasteiger partial charge < -0.3 is 4.43 Å². The van der Waals surface area contributed by atoms with Gasteiger partial charge in [0.25, 0.3) is 0 Å². The summed E-state index contributed by atoms with van der Waals surface area (Å²) < 4.78 is 6.47. The van der Waals surface area contributed by atoms with Crippen molar-refractivity contribution in [2.75, 3.05) is 0 Å². The average Bonchev–Trinajstić information content (AvgIpc) is 2.46. The summed E-state index contributed by atoms with van der Waals surface area (Å²) in [6.45, 7) is 4.78. The topological polar surface area (TPSA) is 9.23 Å². The molecule has 0 radical (unpaired) electrons. The fraction of sp³-hybridized carbons (Fsp3) is 1.00.